The fourth-order valence-electron chi connectivity index (χ4n) is 4.14. The second-order valence-corrected chi connectivity index (χ2v) is 7.75. The average molecular weight is 403 g/mol. The van der Waals surface area contributed by atoms with E-state index in [0.29, 0.717) is 23.5 Å². The first-order chi connectivity index (χ1) is 14.5. The molecule has 154 valence electrons. The highest BCUT2D eigenvalue weighted by atomic mass is 16.4. The zero-order valence-corrected chi connectivity index (χ0v) is 17.0. The van der Waals surface area contributed by atoms with Crippen LogP contribution < -0.4 is 5.73 Å². The minimum Gasteiger partial charge on any atom is -0.478 e. The van der Waals surface area contributed by atoms with Gasteiger partial charge in [-0.05, 0) is 60.7 Å². The molecule has 0 saturated carbocycles. The number of nitrogens with two attached hydrogens (primary N) is 1. The molecule has 3 N–H and O–H groups in total. The van der Waals surface area contributed by atoms with Crippen LogP contribution in [0.2, 0.25) is 0 Å². The van der Waals surface area contributed by atoms with Gasteiger partial charge in [-0.3, -0.25) is 4.79 Å². The Balaban J connectivity index is 1.67. The van der Waals surface area contributed by atoms with Crippen LogP contribution in [-0.4, -0.2) is 40.8 Å². The van der Waals surface area contributed by atoms with E-state index in [-0.39, 0.29) is 11.5 Å². The SMILES string of the molecule is CCC1C(C(=O)O)=Cc2cc(-c3ccc(C(=O)N4CCCC4)cc3)ccc2N=C1N. The van der Waals surface area contributed by atoms with Crippen molar-refractivity contribution in [1.82, 2.24) is 4.90 Å². The van der Waals surface area contributed by atoms with Crippen molar-refractivity contribution in [3.63, 3.8) is 0 Å². The van der Waals surface area contributed by atoms with Gasteiger partial charge in [-0.2, -0.15) is 0 Å². The summed E-state index contributed by atoms with van der Waals surface area (Å²) in [5.74, 6) is -0.995. The lowest BCUT2D eigenvalue weighted by Crippen LogP contribution is -2.27. The van der Waals surface area contributed by atoms with Gasteiger partial charge in [0.15, 0.2) is 0 Å². The van der Waals surface area contributed by atoms with Gasteiger partial charge in [0.1, 0.15) is 5.84 Å². The molecule has 1 saturated heterocycles. The molecule has 4 rings (SSSR count). The van der Waals surface area contributed by atoms with Crippen LogP contribution in [-0.2, 0) is 4.79 Å². The molecule has 0 aromatic heterocycles. The Labute approximate surface area is 175 Å². The maximum Gasteiger partial charge on any atom is 0.332 e. The molecule has 2 aromatic carbocycles. The third-order valence-corrected chi connectivity index (χ3v) is 5.83. The first kappa shape index (κ1) is 19.9. The Kier molecular flexibility index (Phi) is 5.40. The zero-order chi connectivity index (χ0) is 21.3. The van der Waals surface area contributed by atoms with Gasteiger partial charge in [0.25, 0.3) is 5.91 Å². The Morgan fingerprint density at radius 2 is 1.77 bits per heavy atom. The lowest BCUT2D eigenvalue weighted by atomic mass is 9.93. The van der Waals surface area contributed by atoms with Gasteiger partial charge in [-0.1, -0.05) is 25.1 Å². The third kappa shape index (κ3) is 3.73. The second-order valence-electron chi connectivity index (χ2n) is 7.75. The van der Waals surface area contributed by atoms with Gasteiger partial charge in [0.2, 0.25) is 0 Å². The fraction of sp³-hybridized carbons (Fsp3) is 0.292. The maximum absolute atomic E-state index is 12.6. The smallest absolute Gasteiger partial charge is 0.332 e. The van der Waals surface area contributed by atoms with Gasteiger partial charge in [0, 0.05) is 35.7 Å². The Morgan fingerprint density at radius 3 is 2.40 bits per heavy atom. The molecule has 2 heterocycles. The number of aliphatic carboxylic acids is 1. The molecule has 6 heteroatoms. The molecule has 0 aliphatic carbocycles. The van der Waals surface area contributed by atoms with Crippen molar-refractivity contribution in [2.75, 3.05) is 13.1 Å². The number of aliphatic imine (C=N–C) groups is 1. The quantitative estimate of drug-likeness (QED) is 0.804. The number of fused-ring (bicyclic) bond motifs is 1. The summed E-state index contributed by atoms with van der Waals surface area (Å²) in [6, 6.07) is 13.3. The number of likely N-dealkylation sites (tertiary alicyclic amines) is 1. The number of carbonyl (C=O) groups excluding carboxylic acids is 1. The molecule has 0 spiro atoms. The normalized spacial score (nSPS) is 18.3. The van der Waals surface area contributed by atoms with Gasteiger partial charge in [0.05, 0.1) is 5.69 Å². The first-order valence-corrected chi connectivity index (χ1v) is 10.3. The van der Waals surface area contributed by atoms with Crippen LogP contribution in [0.15, 0.2) is 53.0 Å². The van der Waals surface area contributed by atoms with Crippen LogP contribution in [0.5, 0.6) is 0 Å². The van der Waals surface area contributed by atoms with E-state index >= 15 is 0 Å². The number of carboxylic acids is 1. The zero-order valence-electron chi connectivity index (χ0n) is 17.0. The third-order valence-electron chi connectivity index (χ3n) is 5.83. The largest absolute Gasteiger partial charge is 0.478 e. The van der Waals surface area contributed by atoms with E-state index in [2.05, 4.69) is 4.99 Å². The molecule has 6 nitrogen and oxygen atoms in total. The minimum absolute atomic E-state index is 0.0745. The molecular formula is C24H25N3O3. The number of hydrogen-bond donors (Lipinski definition) is 2. The van der Waals surface area contributed by atoms with Crippen LogP contribution in [0.3, 0.4) is 0 Å². The lowest BCUT2D eigenvalue weighted by Gasteiger charge is -2.15. The van der Waals surface area contributed by atoms with Gasteiger partial charge >= 0.3 is 5.97 Å². The monoisotopic (exact) mass is 403 g/mol. The molecule has 1 unspecified atom stereocenters. The maximum atomic E-state index is 12.6. The number of amidine groups is 1. The van der Waals surface area contributed by atoms with E-state index in [9.17, 15) is 14.7 Å². The molecule has 0 radical (unpaired) electrons. The highest BCUT2D eigenvalue weighted by molar-refractivity contribution is 6.04. The number of nitrogens with zero attached hydrogens (tertiary/aromatic N) is 2. The molecule has 2 aliphatic rings. The standard InChI is InChI=1S/C24H25N3O3/c1-2-19-20(24(29)30)14-18-13-17(9-10-21(18)26-22(19)25)15-5-7-16(8-6-15)23(28)27-11-3-4-12-27/h5-10,13-14,19H,2-4,11-12H2,1H3,(H2,25,26)(H,29,30). The van der Waals surface area contributed by atoms with E-state index in [1.54, 1.807) is 6.08 Å². The minimum atomic E-state index is -0.983. The second kappa shape index (κ2) is 8.14. The number of benzene rings is 2. The molecular weight excluding hydrogens is 378 g/mol. The van der Waals surface area contributed by atoms with Crippen molar-refractivity contribution in [3.05, 3.63) is 59.2 Å². The molecule has 2 aliphatic heterocycles. The summed E-state index contributed by atoms with van der Waals surface area (Å²) in [4.78, 5) is 30.7. The summed E-state index contributed by atoms with van der Waals surface area (Å²) in [6.45, 7) is 3.55. The predicted molar refractivity (Wildman–Crippen MR) is 118 cm³/mol. The summed E-state index contributed by atoms with van der Waals surface area (Å²) >= 11 is 0. The highest BCUT2D eigenvalue weighted by Crippen LogP contribution is 2.33. The van der Waals surface area contributed by atoms with E-state index in [0.717, 1.165) is 42.6 Å². The number of amides is 1. The van der Waals surface area contributed by atoms with E-state index in [1.165, 1.54) is 0 Å². The van der Waals surface area contributed by atoms with Crippen molar-refractivity contribution in [2.45, 2.75) is 26.2 Å². The molecule has 30 heavy (non-hydrogen) atoms. The Hall–Kier alpha value is -3.41. The van der Waals surface area contributed by atoms with Crippen molar-refractivity contribution in [1.29, 1.82) is 0 Å². The van der Waals surface area contributed by atoms with Gasteiger partial charge < -0.3 is 15.7 Å². The van der Waals surface area contributed by atoms with Crippen molar-refractivity contribution in [2.24, 2.45) is 16.6 Å². The Bertz CT molecular complexity index is 1050. The fourth-order valence-corrected chi connectivity index (χ4v) is 4.14. The van der Waals surface area contributed by atoms with Crippen LogP contribution >= 0.6 is 0 Å². The van der Waals surface area contributed by atoms with Crippen molar-refractivity contribution < 1.29 is 14.7 Å². The Morgan fingerprint density at radius 1 is 1.10 bits per heavy atom. The highest BCUT2D eigenvalue weighted by Gasteiger charge is 2.25. The van der Waals surface area contributed by atoms with E-state index < -0.39 is 11.9 Å². The van der Waals surface area contributed by atoms with E-state index in [1.807, 2.05) is 54.3 Å². The molecule has 2 aromatic rings. The first-order valence-electron chi connectivity index (χ1n) is 10.3. The number of carboxylic acid groups (broad SMARTS) is 1. The van der Waals surface area contributed by atoms with Crippen molar-refractivity contribution in [3.8, 4) is 11.1 Å². The van der Waals surface area contributed by atoms with Gasteiger partial charge in [-0.15, -0.1) is 0 Å². The number of carbonyl (C=O) groups is 2. The predicted octanol–water partition coefficient (Wildman–Crippen LogP) is 4.09. The summed E-state index contributed by atoms with van der Waals surface area (Å²) in [5, 5.41) is 9.65. The summed E-state index contributed by atoms with van der Waals surface area (Å²) < 4.78 is 0. The van der Waals surface area contributed by atoms with Crippen LogP contribution in [0, 0.1) is 5.92 Å². The van der Waals surface area contributed by atoms with Gasteiger partial charge in [-0.25, -0.2) is 9.79 Å². The summed E-state index contributed by atoms with van der Waals surface area (Å²) in [5.41, 5.74) is 10.3. The van der Waals surface area contributed by atoms with Crippen LogP contribution in [0.4, 0.5) is 5.69 Å². The summed E-state index contributed by atoms with van der Waals surface area (Å²) in [6.07, 6.45) is 4.37. The average Bonchev–Trinajstić information content (AvgIpc) is 3.24. The molecule has 0 bridgehead atoms. The number of rotatable bonds is 4. The molecule has 1 fully saturated rings. The molecule has 1 atom stereocenters. The van der Waals surface area contributed by atoms with E-state index in [4.69, 9.17) is 5.73 Å². The summed E-state index contributed by atoms with van der Waals surface area (Å²) in [7, 11) is 0. The number of hydrogen-bond acceptors (Lipinski definition) is 4. The topological polar surface area (TPSA) is 96.0 Å². The lowest BCUT2D eigenvalue weighted by molar-refractivity contribution is -0.132. The molecule has 1 amide bonds. The van der Waals surface area contributed by atoms with Crippen molar-refractivity contribution >= 4 is 29.5 Å². The van der Waals surface area contributed by atoms with Crippen LogP contribution in [0.1, 0.15) is 42.1 Å². The van der Waals surface area contributed by atoms with Crippen LogP contribution in [0.25, 0.3) is 17.2 Å².